The largest absolute Gasteiger partial charge is 0.469 e. The molecule has 1 aliphatic heterocycles. The molecular weight excluding hydrogens is 212 g/mol. The van der Waals surface area contributed by atoms with Crippen molar-refractivity contribution in [3.8, 4) is 0 Å². The Hall–Kier alpha value is -0.800. The van der Waals surface area contributed by atoms with Crippen LogP contribution in [0.1, 0.15) is 43.0 Å². The summed E-state index contributed by atoms with van der Waals surface area (Å²) in [6.45, 7) is 4.89. The fourth-order valence-corrected chi connectivity index (χ4v) is 3.10. The predicted octanol–water partition coefficient (Wildman–Crippen LogP) is 2.34. The third-order valence-electron chi connectivity index (χ3n) is 4.07. The first-order valence-electron chi connectivity index (χ1n) is 6.95. The molecule has 0 saturated carbocycles. The maximum Gasteiger partial charge on any atom is 0.108 e. The van der Waals surface area contributed by atoms with Gasteiger partial charge in [-0.25, -0.2) is 0 Å². The maximum atomic E-state index is 5.52. The fourth-order valence-electron chi connectivity index (χ4n) is 3.10. The molecule has 1 aliphatic carbocycles. The summed E-state index contributed by atoms with van der Waals surface area (Å²) < 4.78 is 5.52. The van der Waals surface area contributed by atoms with E-state index in [1.165, 1.54) is 56.6 Å². The van der Waals surface area contributed by atoms with Crippen molar-refractivity contribution in [3.63, 3.8) is 0 Å². The van der Waals surface area contributed by atoms with E-state index >= 15 is 0 Å². The van der Waals surface area contributed by atoms with Gasteiger partial charge in [0, 0.05) is 31.1 Å². The van der Waals surface area contributed by atoms with Crippen LogP contribution in [0.2, 0.25) is 0 Å². The summed E-state index contributed by atoms with van der Waals surface area (Å²) in [6, 6.07) is 2.67. The van der Waals surface area contributed by atoms with Crippen molar-refractivity contribution < 1.29 is 4.42 Å². The molecule has 17 heavy (non-hydrogen) atoms. The molecule has 2 heterocycles. The molecule has 94 valence electrons. The lowest BCUT2D eigenvalue weighted by Gasteiger charge is -2.24. The Morgan fingerprint density at radius 3 is 3.06 bits per heavy atom. The third kappa shape index (κ3) is 2.55. The van der Waals surface area contributed by atoms with Gasteiger partial charge in [-0.15, -0.1) is 0 Å². The minimum atomic E-state index is 0.528. The van der Waals surface area contributed by atoms with E-state index in [-0.39, 0.29) is 0 Å². The van der Waals surface area contributed by atoms with E-state index in [0.717, 1.165) is 13.0 Å². The number of aryl methyl sites for hydroxylation is 1. The van der Waals surface area contributed by atoms with Crippen molar-refractivity contribution in [2.75, 3.05) is 26.2 Å². The third-order valence-corrected chi connectivity index (χ3v) is 4.07. The Morgan fingerprint density at radius 1 is 1.29 bits per heavy atom. The number of hydrogen-bond acceptors (Lipinski definition) is 3. The fraction of sp³-hybridized carbons (Fsp3) is 0.714. The summed E-state index contributed by atoms with van der Waals surface area (Å²) in [5.41, 5.74) is 1.40. The molecule has 1 unspecified atom stereocenters. The monoisotopic (exact) mass is 234 g/mol. The highest BCUT2D eigenvalue weighted by atomic mass is 16.3. The van der Waals surface area contributed by atoms with Crippen LogP contribution in [0, 0.1) is 0 Å². The molecule has 1 aromatic heterocycles. The predicted molar refractivity (Wildman–Crippen MR) is 68.1 cm³/mol. The molecule has 3 heteroatoms. The van der Waals surface area contributed by atoms with Crippen LogP contribution in [0.15, 0.2) is 16.7 Å². The van der Waals surface area contributed by atoms with Crippen molar-refractivity contribution in [2.24, 2.45) is 0 Å². The van der Waals surface area contributed by atoms with E-state index in [4.69, 9.17) is 4.42 Å². The van der Waals surface area contributed by atoms with Crippen molar-refractivity contribution in [2.45, 2.75) is 38.1 Å². The van der Waals surface area contributed by atoms with Crippen molar-refractivity contribution in [1.29, 1.82) is 0 Å². The standard InChI is InChI=1S/C14H22N2O/c1-2-9-16(8-1)10-7-15-13-4-3-5-14-12(13)6-11-17-14/h6,11,13,15H,1-5,7-10H2. The smallest absolute Gasteiger partial charge is 0.108 e. The Balaban J connectivity index is 1.49. The number of furan rings is 1. The highest BCUT2D eigenvalue weighted by molar-refractivity contribution is 5.23. The molecule has 0 aromatic carbocycles. The zero-order valence-corrected chi connectivity index (χ0v) is 10.5. The Morgan fingerprint density at radius 2 is 2.18 bits per heavy atom. The van der Waals surface area contributed by atoms with Crippen molar-refractivity contribution >= 4 is 0 Å². The molecule has 3 rings (SSSR count). The lowest BCUT2D eigenvalue weighted by atomic mass is 9.93. The van der Waals surface area contributed by atoms with Gasteiger partial charge in [-0.05, 0) is 44.8 Å². The highest BCUT2D eigenvalue weighted by Crippen LogP contribution is 2.30. The van der Waals surface area contributed by atoms with Gasteiger partial charge in [0.1, 0.15) is 5.76 Å². The van der Waals surface area contributed by atoms with Crippen molar-refractivity contribution in [1.82, 2.24) is 10.2 Å². The van der Waals surface area contributed by atoms with Gasteiger partial charge in [0.2, 0.25) is 0 Å². The number of fused-ring (bicyclic) bond motifs is 1. The van der Waals surface area contributed by atoms with Crippen LogP contribution < -0.4 is 5.32 Å². The number of likely N-dealkylation sites (tertiary alicyclic amines) is 1. The van der Waals surface area contributed by atoms with Gasteiger partial charge >= 0.3 is 0 Å². The molecule has 1 aromatic rings. The second-order valence-electron chi connectivity index (χ2n) is 5.25. The molecule has 2 aliphatic rings. The van der Waals surface area contributed by atoms with E-state index < -0.39 is 0 Å². The quantitative estimate of drug-likeness (QED) is 0.867. The summed E-state index contributed by atoms with van der Waals surface area (Å²) >= 11 is 0. The first kappa shape index (κ1) is 11.3. The molecule has 0 radical (unpaired) electrons. The van der Waals surface area contributed by atoms with Gasteiger partial charge in [-0.1, -0.05) is 0 Å². The van der Waals surface area contributed by atoms with Gasteiger partial charge in [-0.2, -0.15) is 0 Å². The summed E-state index contributed by atoms with van der Waals surface area (Å²) in [5, 5.41) is 3.69. The van der Waals surface area contributed by atoms with Crippen LogP contribution in [0.3, 0.4) is 0 Å². The van der Waals surface area contributed by atoms with Gasteiger partial charge in [0.15, 0.2) is 0 Å². The normalized spacial score (nSPS) is 25.1. The second-order valence-corrected chi connectivity index (χ2v) is 5.25. The molecular formula is C14H22N2O. The highest BCUT2D eigenvalue weighted by Gasteiger charge is 2.22. The lowest BCUT2D eigenvalue weighted by Crippen LogP contribution is -2.33. The number of nitrogens with one attached hydrogen (secondary N) is 1. The minimum Gasteiger partial charge on any atom is -0.469 e. The van der Waals surface area contributed by atoms with E-state index in [2.05, 4.69) is 16.3 Å². The van der Waals surface area contributed by atoms with Gasteiger partial charge < -0.3 is 14.6 Å². The average Bonchev–Trinajstić information content (AvgIpc) is 2.99. The molecule has 1 fully saturated rings. The van der Waals surface area contributed by atoms with Gasteiger partial charge in [-0.3, -0.25) is 0 Å². The molecule has 0 bridgehead atoms. The first-order valence-corrected chi connectivity index (χ1v) is 6.95. The SMILES string of the molecule is c1cc2c(o1)CCCC2NCCN1CCCC1. The van der Waals surface area contributed by atoms with E-state index in [1.54, 1.807) is 0 Å². The average molecular weight is 234 g/mol. The molecule has 0 spiro atoms. The molecule has 1 saturated heterocycles. The number of rotatable bonds is 4. The summed E-state index contributed by atoms with van der Waals surface area (Å²) in [4.78, 5) is 2.56. The lowest BCUT2D eigenvalue weighted by molar-refractivity contribution is 0.319. The van der Waals surface area contributed by atoms with E-state index in [9.17, 15) is 0 Å². The van der Waals surface area contributed by atoms with Crippen LogP contribution >= 0.6 is 0 Å². The second kappa shape index (κ2) is 5.23. The Bertz CT molecular complexity index is 355. The van der Waals surface area contributed by atoms with Gasteiger partial charge in [0.25, 0.3) is 0 Å². The zero-order valence-electron chi connectivity index (χ0n) is 10.5. The summed E-state index contributed by atoms with van der Waals surface area (Å²) in [5.74, 6) is 1.20. The van der Waals surface area contributed by atoms with Crippen LogP contribution in [0.4, 0.5) is 0 Å². The maximum absolute atomic E-state index is 5.52. The van der Waals surface area contributed by atoms with Crippen LogP contribution in [0.5, 0.6) is 0 Å². The Kier molecular flexibility index (Phi) is 3.48. The van der Waals surface area contributed by atoms with E-state index in [1.807, 2.05) is 6.26 Å². The number of hydrogen-bond donors (Lipinski definition) is 1. The Labute approximate surface area is 103 Å². The van der Waals surface area contributed by atoms with Crippen molar-refractivity contribution in [3.05, 3.63) is 23.7 Å². The van der Waals surface area contributed by atoms with Crippen LogP contribution in [0.25, 0.3) is 0 Å². The van der Waals surface area contributed by atoms with Crippen LogP contribution in [-0.4, -0.2) is 31.1 Å². The number of nitrogens with zero attached hydrogens (tertiary/aromatic N) is 1. The molecule has 3 nitrogen and oxygen atoms in total. The minimum absolute atomic E-state index is 0.528. The molecule has 0 amide bonds. The topological polar surface area (TPSA) is 28.4 Å². The summed E-state index contributed by atoms with van der Waals surface area (Å²) in [7, 11) is 0. The molecule has 1 N–H and O–H groups in total. The van der Waals surface area contributed by atoms with E-state index in [0.29, 0.717) is 6.04 Å². The van der Waals surface area contributed by atoms with Gasteiger partial charge in [0.05, 0.1) is 6.26 Å². The summed E-state index contributed by atoms with van der Waals surface area (Å²) in [6.07, 6.45) is 8.23. The first-order chi connectivity index (χ1) is 8.43. The van der Waals surface area contributed by atoms with Crippen LogP contribution in [-0.2, 0) is 6.42 Å². The zero-order chi connectivity index (χ0) is 11.5. The molecule has 1 atom stereocenters.